The Labute approximate surface area is 117 Å². The predicted octanol–water partition coefficient (Wildman–Crippen LogP) is 1.41. The van der Waals surface area contributed by atoms with Gasteiger partial charge in [-0.3, -0.25) is 4.79 Å². The lowest BCUT2D eigenvalue weighted by Crippen LogP contribution is -2.30. The predicted molar refractivity (Wildman–Crippen MR) is 72.0 cm³/mol. The zero-order valence-corrected chi connectivity index (χ0v) is 11.7. The molecule has 6 heteroatoms. The van der Waals surface area contributed by atoms with Gasteiger partial charge in [0.2, 0.25) is 0 Å². The molecule has 1 atom stereocenters. The SMILES string of the molecule is COCCCNC(=O)COc1ccc(F)cc1[C@H](C)O. The smallest absolute Gasteiger partial charge is 0.257 e. The second-order valence-corrected chi connectivity index (χ2v) is 4.34. The average molecular weight is 285 g/mol. The molecule has 0 spiro atoms. The molecule has 0 aliphatic carbocycles. The van der Waals surface area contributed by atoms with Crippen LogP contribution in [0.4, 0.5) is 4.39 Å². The molecule has 0 unspecified atom stereocenters. The molecular weight excluding hydrogens is 265 g/mol. The number of carbonyl (C=O) groups excluding carboxylic acids is 1. The van der Waals surface area contributed by atoms with Crippen molar-refractivity contribution in [1.82, 2.24) is 5.32 Å². The van der Waals surface area contributed by atoms with Gasteiger partial charge in [-0.25, -0.2) is 4.39 Å². The second kappa shape index (κ2) is 8.50. The van der Waals surface area contributed by atoms with E-state index >= 15 is 0 Å². The van der Waals surface area contributed by atoms with Crippen LogP contribution in [-0.2, 0) is 9.53 Å². The van der Waals surface area contributed by atoms with Gasteiger partial charge in [0, 0.05) is 25.8 Å². The number of amides is 1. The average Bonchev–Trinajstić information content (AvgIpc) is 2.42. The molecule has 0 bridgehead atoms. The zero-order chi connectivity index (χ0) is 15.0. The van der Waals surface area contributed by atoms with Crippen molar-refractivity contribution in [2.24, 2.45) is 0 Å². The third-order valence-electron chi connectivity index (χ3n) is 2.63. The summed E-state index contributed by atoms with van der Waals surface area (Å²) in [6.45, 7) is 2.40. The molecule has 0 saturated heterocycles. The number of nitrogens with one attached hydrogen (secondary N) is 1. The van der Waals surface area contributed by atoms with Gasteiger partial charge in [-0.2, -0.15) is 0 Å². The second-order valence-electron chi connectivity index (χ2n) is 4.34. The normalized spacial score (nSPS) is 12.0. The van der Waals surface area contributed by atoms with E-state index in [4.69, 9.17) is 9.47 Å². The summed E-state index contributed by atoms with van der Waals surface area (Å²) < 4.78 is 23.3. The Balaban J connectivity index is 2.47. The zero-order valence-electron chi connectivity index (χ0n) is 11.7. The number of aliphatic hydroxyl groups is 1. The highest BCUT2D eigenvalue weighted by Gasteiger charge is 2.12. The van der Waals surface area contributed by atoms with E-state index in [0.29, 0.717) is 24.5 Å². The number of benzene rings is 1. The first-order valence-electron chi connectivity index (χ1n) is 6.40. The quantitative estimate of drug-likeness (QED) is 0.709. The van der Waals surface area contributed by atoms with Crippen LogP contribution in [0, 0.1) is 5.82 Å². The topological polar surface area (TPSA) is 67.8 Å². The molecule has 20 heavy (non-hydrogen) atoms. The van der Waals surface area contributed by atoms with E-state index in [1.54, 1.807) is 7.11 Å². The first-order valence-corrected chi connectivity index (χ1v) is 6.40. The van der Waals surface area contributed by atoms with Crippen LogP contribution in [0.2, 0.25) is 0 Å². The van der Waals surface area contributed by atoms with Crippen LogP contribution < -0.4 is 10.1 Å². The summed E-state index contributed by atoms with van der Waals surface area (Å²) >= 11 is 0. The molecule has 0 aromatic heterocycles. The van der Waals surface area contributed by atoms with Crippen molar-refractivity contribution in [3.8, 4) is 5.75 Å². The first-order chi connectivity index (χ1) is 9.54. The number of hydrogen-bond acceptors (Lipinski definition) is 4. The van der Waals surface area contributed by atoms with Crippen LogP contribution in [0.5, 0.6) is 5.75 Å². The minimum Gasteiger partial charge on any atom is -0.483 e. The Morgan fingerprint density at radius 1 is 1.50 bits per heavy atom. The Morgan fingerprint density at radius 2 is 2.25 bits per heavy atom. The number of hydrogen-bond donors (Lipinski definition) is 2. The van der Waals surface area contributed by atoms with E-state index in [9.17, 15) is 14.3 Å². The molecule has 1 aromatic rings. The van der Waals surface area contributed by atoms with E-state index in [1.165, 1.54) is 25.1 Å². The molecular formula is C14H20FNO4. The van der Waals surface area contributed by atoms with Gasteiger partial charge in [0.1, 0.15) is 11.6 Å². The van der Waals surface area contributed by atoms with Crippen LogP contribution >= 0.6 is 0 Å². The maximum absolute atomic E-state index is 13.1. The van der Waals surface area contributed by atoms with Crippen LogP contribution in [-0.4, -0.2) is 37.9 Å². The highest BCUT2D eigenvalue weighted by Crippen LogP contribution is 2.25. The van der Waals surface area contributed by atoms with Gasteiger partial charge in [0.15, 0.2) is 6.61 Å². The van der Waals surface area contributed by atoms with E-state index in [1.807, 2.05) is 0 Å². The summed E-state index contributed by atoms with van der Waals surface area (Å²) in [4.78, 5) is 11.5. The number of aliphatic hydroxyl groups excluding tert-OH is 1. The van der Waals surface area contributed by atoms with Crippen LogP contribution in [0.25, 0.3) is 0 Å². The van der Waals surface area contributed by atoms with E-state index in [2.05, 4.69) is 5.32 Å². The van der Waals surface area contributed by atoms with Crippen LogP contribution in [0.1, 0.15) is 25.0 Å². The summed E-state index contributed by atoms with van der Waals surface area (Å²) in [5, 5.41) is 12.2. The summed E-state index contributed by atoms with van der Waals surface area (Å²) in [7, 11) is 1.59. The molecule has 1 aromatic carbocycles. The molecule has 0 saturated carbocycles. The van der Waals surface area contributed by atoms with Crippen molar-refractivity contribution >= 4 is 5.91 Å². The van der Waals surface area contributed by atoms with Gasteiger partial charge in [0.25, 0.3) is 5.91 Å². The van der Waals surface area contributed by atoms with Crippen LogP contribution in [0.15, 0.2) is 18.2 Å². The maximum atomic E-state index is 13.1. The molecule has 2 N–H and O–H groups in total. The monoisotopic (exact) mass is 285 g/mol. The van der Waals surface area contributed by atoms with Gasteiger partial charge in [-0.05, 0) is 31.5 Å². The molecule has 0 aliphatic heterocycles. The largest absolute Gasteiger partial charge is 0.483 e. The standard InChI is InChI=1S/C14H20FNO4/c1-10(17)12-8-11(15)4-5-13(12)20-9-14(18)16-6-3-7-19-2/h4-5,8,10,17H,3,6-7,9H2,1-2H3,(H,16,18)/t10-/m0/s1. The molecule has 1 amide bonds. The van der Waals surface area contributed by atoms with Crippen molar-refractivity contribution in [1.29, 1.82) is 0 Å². The minimum absolute atomic E-state index is 0.182. The Morgan fingerprint density at radius 3 is 2.90 bits per heavy atom. The molecule has 0 heterocycles. The lowest BCUT2D eigenvalue weighted by Gasteiger charge is -2.13. The van der Waals surface area contributed by atoms with Crippen molar-refractivity contribution in [3.05, 3.63) is 29.6 Å². The lowest BCUT2D eigenvalue weighted by atomic mass is 10.1. The van der Waals surface area contributed by atoms with Gasteiger partial charge < -0.3 is 19.9 Å². The highest BCUT2D eigenvalue weighted by molar-refractivity contribution is 5.77. The molecule has 0 aliphatic rings. The molecule has 5 nitrogen and oxygen atoms in total. The third-order valence-corrected chi connectivity index (χ3v) is 2.63. The van der Waals surface area contributed by atoms with Crippen molar-refractivity contribution in [2.45, 2.75) is 19.4 Å². The summed E-state index contributed by atoms with van der Waals surface area (Å²) in [5.41, 5.74) is 0.317. The van der Waals surface area contributed by atoms with Gasteiger partial charge in [0.05, 0.1) is 6.10 Å². The fourth-order valence-electron chi connectivity index (χ4n) is 1.62. The Hall–Kier alpha value is -1.66. The lowest BCUT2D eigenvalue weighted by molar-refractivity contribution is -0.123. The number of rotatable bonds is 8. The van der Waals surface area contributed by atoms with E-state index in [0.717, 1.165) is 6.42 Å². The highest BCUT2D eigenvalue weighted by atomic mass is 19.1. The minimum atomic E-state index is -0.870. The van der Waals surface area contributed by atoms with E-state index in [-0.39, 0.29) is 12.5 Å². The van der Waals surface area contributed by atoms with Crippen molar-refractivity contribution in [2.75, 3.05) is 26.9 Å². The Bertz CT molecular complexity index is 437. The number of ether oxygens (including phenoxy) is 2. The van der Waals surface area contributed by atoms with Gasteiger partial charge in [-0.15, -0.1) is 0 Å². The summed E-state index contributed by atoms with van der Waals surface area (Å²) in [6.07, 6.45) is -0.150. The first kappa shape index (κ1) is 16.4. The number of halogens is 1. The molecule has 1 rings (SSSR count). The molecule has 0 fully saturated rings. The summed E-state index contributed by atoms with van der Waals surface area (Å²) in [5.74, 6) is -0.437. The fourth-order valence-corrected chi connectivity index (χ4v) is 1.62. The summed E-state index contributed by atoms with van der Waals surface area (Å²) in [6, 6.07) is 3.81. The third kappa shape index (κ3) is 5.54. The van der Waals surface area contributed by atoms with Gasteiger partial charge in [-0.1, -0.05) is 0 Å². The maximum Gasteiger partial charge on any atom is 0.257 e. The molecule has 112 valence electrons. The Kier molecular flexibility index (Phi) is 6.97. The molecule has 0 radical (unpaired) electrons. The van der Waals surface area contributed by atoms with E-state index < -0.39 is 11.9 Å². The van der Waals surface area contributed by atoms with Crippen molar-refractivity contribution < 1.29 is 23.8 Å². The fraction of sp³-hybridized carbons (Fsp3) is 0.500. The van der Waals surface area contributed by atoms with Crippen molar-refractivity contribution in [3.63, 3.8) is 0 Å². The van der Waals surface area contributed by atoms with Gasteiger partial charge >= 0.3 is 0 Å². The van der Waals surface area contributed by atoms with Crippen LogP contribution in [0.3, 0.4) is 0 Å². The number of carbonyl (C=O) groups is 1. The number of methoxy groups -OCH3 is 1.